The summed E-state index contributed by atoms with van der Waals surface area (Å²) in [7, 11) is -2.52. The van der Waals surface area contributed by atoms with Gasteiger partial charge >= 0.3 is 6.09 Å². The molecule has 130 valence electrons. The molecule has 1 aromatic heterocycles. The molecule has 0 N–H and O–H groups in total. The van der Waals surface area contributed by atoms with Crippen LogP contribution in [0.1, 0.15) is 20.8 Å². The summed E-state index contributed by atoms with van der Waals surface area (Å²) >= 11 is 1.10. The number of halogens is 3. The molecule has 0 saturated carbocycles. The monoisotopic (exact) mass is 378 g/mol. The van der Waals surface area contributed by atoms with Crippen molar-refractivity contribution in [3.05, 3.63) is 40.5 Å². The first-order chi connectivity index (χ1) is 11.1. The lowest BCUT2D eigenvalue weighted by molar-refractivity contribution is 0.0609. The van der Waals surface area contributed by atoms with Crippen LogP contribution < -0.4 is 4.31 Å². The minimum absolute atomic E-state index is 0.0586. The van der Waals surface area contributed by atoms with E-state index in [-0.39, 0.29) is 11.9 Å². The van der Waals surface area contributed by atoms with E-state index in [1.807, 2.05) is 0 Å². The van der Waals surface area contributed by atoms with Crippen LogP contribution in [0.25, 0.3) is 0 Å². The van der Waals surface area contributed by atoms with Gasteiger partial charge in [-0.25, -0.2) is 27.2 Å². The summed E-state index contributed by atoms with van der Waals surface area (Å²) in [6.07, 6.45) is -1.06. The third-order valence-electron chi connectivity index (χ3n) is 2.52. The predicted molar refractivity (Wildman–Crippen MR) is 83.6 cm³/mol. The Hall–Kier alpha value is -1.94. The maximum Gasteiger partial charge on any atom is 0.428 e. The molecule has 0 saturated heterocycles. The summed E-state index contributed by atoms with van der Waals surface area (Å²) in [5, 5.41) is 1.39. The zero-order valence-corrected chi connectivity index (χ0v) is 14.5. The summed E-state index contributed by atoms with van der Waals surface area (Å²) in [6, 6.07) is 0.696. The molecule has 1 atom stereocenters. The SMILES string of the molecule is CC(C)(C)OC(=O)N(c1cscn1)S(=O)c1cc(F)c(F)cc1F. The van der Waals surface area contributed by atoms with Gasteiger partial charge in [0.1, 0.15) is 11.4 Å². The van der Waals surface area contributed by atoms with Crippen LogP contribution in [-0.4, -0.2) is 20.9 Å². The first-order valence-electron chi connectivity index (χ1n) is 6.58. The number of ether oxygens (including phenoxy) is 1. The number of hydrogen-bond acceptors (Lipinski definition) is 5. The lowest BCUT2D eigenvalue weighted by atomic mass is 10.2. The Balaban J connectivity index is 2.46. The molecule has 0 fully saturated rings. The molecule has 0 spiro atoms. The topological polar surface area (TPSA) is 59.5 Å². The van der Waals surface area contributed by atoms with Gasteiger partial charge in [-0.3, -0.25) is 0 Å². The number of benzene rings is 1. The Bertz CT molecular complexity index is 776. The molecule has 10 heteroatoms. The number of aromatic nitrogens is 1. The first-order valence-corrected chi connectivity index (χ1v) is 8.63. The normalized spacial score (nSPS) is 12.8. The molecule has 0 bridgehead atoms. The fraction of sp³-hybridized carbons (Fsp3) is 0.286. The molecule has 5 nitrogen and oxygen atoms in total. The standard InChI is InChI=1S/C14H13F3N2O3S2/c1-14(2,3)22-13(20)19(12-6-23-7-18-12)24(21)11-5-9(16)8(15)4-10(11)17/h4-7H,1-3H3. The number of amides is 1. The molecular formula is C14H13F3N2O3S2. The molecular weight excluding hydrogens is 365 g/mol. The Labute approximate surface area is 142 Å². The van der Waals surface area contributed by atoms with E-state index in [9.17, 15) is 22.2 Å². The Morgan fingerprint density at radius 2 is 1.83 bits per heavy atom. The molecule has 0 radical (unpaired) electrons. The van der Waals surface area contributed by atoms with E-state index in [2.05, 4.69) is 4.98 Å². The van der Waals surface area contributed by atoms with Crippen LogP contribution >= 0.6 is 11.3 Å². The quantitative estimate of drug-likeness (QED) is 0.757. The third-order valence-corrected chi connectivity index (χ3v) is 4.45. The van der Waals surface area contributed by atoms with Crippen LogP contribution in [0.3, 0.4) is 0 Å². The van der Waals surface area contributed by atoms with Gasteiger partial charge in [0, 0.05) is 11.4 Å². The van der Waals surface area contributed by atoms with Gasteiger partial charge in [0.15, 0.2) is 28.4 Å². The predicted octanol–water partition coefficient (Wildman–Crippen LogP) is 4.02. The molecule has 0 aliphatic heterocycles. The van der Waals surface area contributed by atoms with Gasteiger partial charge < -0.3 is 4.74 Å². The number of carbonyl (C=O) groups excluding carboxylic acids is 1. The maximum atomic E-state index is 13.9. The highest BCUT2D eigenvalue weighted by molar-refractivity contribution is 7.87. The van der Waals surface area contributed by atoms with E-state index in [0.717, 1.165) is 11.3 Å². The number of nitrogens with zero attached hydrogens (tertiary/aromatic N) is 2. The Morgan fingerprint density at radius 1 is 1.21 bits per heavy atom. The van der Waals surface area contributed by atoms with Crippen molar-refractivity contribution in [2.75, 3.05) is 4.31 Å². The van der Waals surface area contributed by atoms with Crippen molar-refractivity contribution in [1.82, 2.24) is 4.98 Å². The molecule has 24 heavy (non-hydrogen) atoms. The minimum Gasteiger partial charge on any atom is -0.443 e. The zero-order chi connectivity index (χ0) is 18.1. The average molecular weight is 378 g/mol. The van der Waals surface area contributed by atoms with Gasteiger partial charge in [-0.15, -0.1) is 11.3 Å². The number of hydrogen-bond donors (Lipinski definition) is 0. The van der Waals surface area contributed by atoms with Gasteiger partial charge in [0.05, 0.1) is 10.4 Å². The van der Waals surface area contributed by atoms with E-state index >= 15 is 0 Å². The fourth-order valence-corrected chi connectivity index (χ4v) is 3.25. The second-order valence-corrected chi connectivity index (χ2v) is 7.59. The van der Waals surface area contributed by atoms with Crippen molar-refractivity contribution in [2.24, 2.45) is 0 Å². The van der Waals surface area contributed by atoms with Crippen molar-refractivity contribution < 1.29 is 26.9 Å². The highest BCUT2D eigenvalue weighted by Gasteiger charge is 2.32. The van der Waals surface area contributed by atoms with Crippen LogP contribution in [0.4, 0.5) is 23.8 Å². The van der Waals surface area contributed by atoms with Gasteiger partial charge in [-0.1, -0.05) is 0 Å². The second-order valence-electron chi connectivity index (χ2n) is 5.57. The van der Waals surface area contributed by atoms with Crippen LogP contribution in [0, 0.1) is 17.5 Å². The van der Waals surface area contributed by atoms with Gasteiger partial charge in [0.2, 0.25) is 0 Å². The Kier molecular flexibility index (Phi) is 5.29. The molecule has 1 heterocycles. The van der Waals surface area contributed by atoms with E-state index in [0.29, 0.717) is 10.4 Å². The van der Waals surface area contributed by atoms with Crippen LogP contribution in [0.2, 0.25) is 0 Å². The van der Waals surface area contributed by atoms with E-state index in [1.165, 1.54) is 10.9 Å². The van der Waals surface area contributed by atoms with Crippen LogP contribution in [-0.2, 0) is 15.7 Å². The summed E-state index contributed by atoms with van der Waals surface area (Å²) in [5.41, 5.74) is 0.452. The summed E-state index contributed by atoms with van der Waals surface area (Å²) in [6.45, 7) is 4.77. The maximum absolute atomic E-state index is 13.9. The lowest BCUT2D eigenvalue weighted by Crippen LogP contribution is -2.38. The third kappa shape index (κ3) is 4.12. The smallest absolute Gasteiger partial charge is 0.428 e. The van der Waals surface area contributed by atoms with Crippen molar-refractivity contribution in [3.63, 3.8) is 0 Å². The number of carbonyl (C=O) groups is 1. The molecule has 2 rings (SSSR count). The molecule has 2 aromatic rings. The fourth-order valence-electron chi connectivity index (χ4n) is 1.59. The number of thiazole rings is 1. The van der Waals surface area contributed by atoms with E-state index < -0.39 is 45.0 Å². The van der Waals surface area contributed by atoms with Crippen LogP contribution in [0.5, 0.6) is 0 Å². The first kappa shape index (κ1) is 18.4. The van der Waals surface area contributed by atoms with E-state index in [1.54, 1.807) is 20.8 Å². The van der Waals surface area contributed by atoms with Gasteiger partial charge in [0.25, 0.3) is 0 Å². The second kappa shape index (κ2) is 6.89. The molecule has 1 amide bonds. The van der Waals surface area contributed by atoms with Gasteiger partial charge in [-0.2, -0.15) is 4.31 Å². The summed E-state index contributed by atoms with van der Waals surface area (Å²) in [5.74, 6) is -4.12. The Morgan fingerprint density at radius 3 is 2.38 bits per heavy atom. The summed E-state index contributed by atoms with van der Waals surface area (Å²) < 4.78 is 58.6. The molecule has 0 aliphatic rings. The lowest BCUT2D eigenvalue weighted by Gasteiger charge is -2.25. The van der Waals surface area contributed by atoms with Gasteiger partial charge in [-0.05, 0) is 26.8 Å². The van der Waals surface area contributed by atoms with Crippen molar-refractivity contribution in [3.8, 4) is 0 Å². The number of rotatable bonds is 3. The van der Waals surface area contributed by atoms with Crippen molar-refractivity contribution in [2.45, 2.75) is 31.3 Å². The minimum atomic E-state index is -2.52. The summed E-state index contributed by atoms with van der Waals surface area (Å²) in [4.78, 5) is 15.5. The highest BCUT2D eigenvalue weighted by Crippen LogP contribution is 2.26. The molecule has 1 unspecified atom stereocenters. The molecule has 0 aliphatic carbocycles. The van der Waals surface area contributed by atoms with Crippen molar-refractivity contribution in [1.29, 1.82) is 0 Å². The molecule has 1 aromatic carbocycles. The zero-order valence-electron chi connectivity index (χ0n) is 12.9. The highest BCUT2D eigenvalue weighted by atomic mass is 32.2. The van der Waals surface area contributed by atoms with E-state index in [4.69, 9.17) is 4.74 Å². The van der Waals surface area contributed by atoms with Crippen molar-refractivity contribution >= 4 is 34.2 Å². The largest absolute Gasteiger partial charge is 0.443 e. The number of anilines is 1. The average Bonchev–Trinajstić information content (AvgIpc) is 2.94. The van der Waals surface area contributed by atoms with Crippen LogP contribution in [0.15, 0.2) is 27.9 Å².